The zero-order valence-electron chi connectivity index (χ0n) is 17.8. The van der Waals surface area contributed by atoms with E-state index in [9.17, 15) is 24.5 Å². The molecule has 0 atom stereocenters. The topological polar surface area (TPSA) is 148 Å². The highest BCUT2D eigenvalue weighted by Crippen LogP contribution is 2.22. The molecule has 3 N–H and O–H groups in total. The van der Waals surface area contributed by atoms with Crippen LogP contribution < -0.4 is 21.2 Å². The highest BCUT2D eigenvalue weighted by Gasteiger charge is 2.21. The van der Waals surface area contributed by atoms with E-state index in [0.29, 0.717) is 11.2 Å². The standard InChI is InChI=1S/C21H24N6O5/c1-3-24(4-2)14-5-7-15(8-6-14)25(12-19(22)28)20(29)13-26-18-10-9-16(27(31)32)11-17(18)23-21(26)30/h5-11H,3-4,12-13H2,1-2H3,(H2,22,28)(H,23,30). The van der Waals surface area contributed by atoms with Gasteiger partial charge in [-0.3, -0.25) is 24.3 Å². The van der Waals surface area contributed by atoms with E-state index in [1.165, 1.54) is 27.7 Å². The molecule has 3 aromatic rings. The lowest BCUT2D eigenvalue weighted by atomic mass is 10.2. The van der Waals surface area contributed by atoms with Crippen LogP contribution in [0.1, 0.15) is 13.8 Å². The van der Waals surface area contributed by atoms with Gasteiger partial charge in [0.2, 0.25) is 11.8 Å². The fourth-order valence-corrected chi connectivity index (χ4v) is 3.55. The van der Waals surface area contributed by atoms with Crippen LogP contribution in [-0.2, 0) is 16.1 Å². The lowest BCUT2D eigenvalue weighted by Gasteiger charge is -2.24. The molecule has 0 aliphatic carbocycles. The molecule has 2 aromatic carbocycles. The number of nitrogens with zero attached hydrogens (tertiary/aromatic N) is 4. The molecule has 0 bridgehead atoms. The number of anilines is 2. The number of hydrogen-bond donors (Lipinski definition) is 2. The van der Waals surface area contributed by atoms with Crippen LogP contribution in [0.15, 0.2) is 47.3 Å². The number of amides is 2. The molecule has 1 heterocycles. The first kappa shape index (κ1) is 22.5. The van der Waals surface area contributed by atoms with Crippen molar-refractivity contribution >= 4 is 39.9 Å². The average Bonchev–Trinajstić information content (AvgIpc) is 3.07. The number of hydrogen-bond acceptors (Lipinski definition) is 6. The lowest BCUT2D eigenvalue weighted by molar-refractivity contribution is -0.384. The Morgan fingerprint density at radius 2 is 1.72 bits per heavy atom. The number of aromatic amines is 1. The molecular weight excluding hydrogens is 416 g/mol. The third-order valence-corrected chi connectivity index (χ3v) is 5.17. The van der Waals surface area contributed by atoms with Crippen molar-refractivity contribution in [3.63, 3.8) is 0 Å². The fourth-order valence-electron chi connectivity index (χ4n) is 3.55. The summed E-state index contributed by atoms with van der Waals surface area (Å²) in [5, 5.41) is 11.0. The zero-order chi connectivity index (χ0) is 23.4. The summed E-state index contributed by atoms with van der Waals surface area (Å²) < 4.78 is 1.17. The molecule has 0 saturated heterocycles. The van der Waals surface area contributed by atoms with E-state index in [4.69, 9.17) is 5.73 Å². The average molecular weight is 440 g/mol. The van der Waals surface area contributed by atoms with E-state index in [1.807, 2.05) is 26.0 Å². The third kappa shape index (κ3) is 4.61. The first-order valence-electron chi connectivity index (χ1n) is 10.1. The summed E-state index contributed by atoms with van der Waals surface area (Å²) in [4.78, 5) is 53.3. The minimum Gasteiger partial charge on any atom is -0.372 e. The monoisotopic (exact) mass is 440 g/mol. The number of H-pyrrole nitrogens is 1. The van der Waals surface area contributed by atoms with Crippen molar-refractivity contribution in [2.24, 2.45) is 5.73 Å². The van der Waals surface area contributed by atoms with Crippen molar-refractivity contribution in [3.05, 3.63) is 63.1 Å². The second kappa shape index (κ2) is 9.33. The number of nitrogens with one attached hydrogen (secondary N) is 1. The molecule has 11 heteroatoms. The summed E-state index contributed by atoms with van der Waals surface area (Å²) in [5.74, 6) is -1.23. The molecule has 11 nitrogen and oxygen atoms in total. The number of carbonyl (C=O) groups is 2. The molecule has 0 radical (unpaired) electrons. The fraction of sp³-hybridized carbons (Fsp3) is 0.286. The van der Waals surface area contributed by atoms with Gasteiger partial charge in [-0.25, -0.2) is 4.79 Å². The van der Waals surface area contributed by atoms with Crippen LogP contribution in [0.25, 0.3) is 11.0 Å². The third-order valence-electron chi connectivity index (χ3n) is 5.17. The van der Waals surface area contributed by atoms with Crippen LogP contribution in [0.2, 0.25) is 0 Å². The largest absolute Gasteiger partial charge is 0.372 e. The molecular formula is C21H24N6O5. The van der Waals surface area contributed by atoms with E-state index in [-0.39, 0.29) is 24.3 Å². The van der Waals surface area contributed by atoms with Gasteiger partial charge in [-0.15, -0.1) is 0 Å². The Balaban J connectivity index is 1.92. The number of nitro groups is 1. The van der Waals surface area contributed by atoms with Gasteiger partial charge in [0, 0.05) is 36.6 Å². The second-order valence-electron chi connectivity index (χ2n) is 7.11. The van der Waals surface area contributed by atoms with Gasteiger partial charge in [-0.2, -0.15) is 0 Å². The molecule has 0 saturated carbocycles. The Morgan fingerprint density at radius 3 is 2.28 bits per heavy atom. The normalized spacial score (nSPS) is 10.8. The van der Waals surface area contributed by atoms with Crippen molar-refractivity contribution < 1.29 is 14.5 Å². The molecule has 2 amide bonds. The van der Waals surface area contributed by atoms with Gasteiger partial charge < -0.3 is 20.5 Å². The van der Waals surface area contributed by atoms with Crippen molar-refractivity contribution in [2.75, 3.05) is 29.4 Å². The maximum Gasteiger partial charge on any atom is 0.326 e. The quantitative estimate of drug-likeness (QED) is 0.381. The second-order valence-corrected chi connectivity index (χ2v) is 7.11. The van der Waals surface area contributed by atoms with E-state index in [0.717, 1.165) is 18.8 Å². The SMILES string of the molecule is CCN(CC)c1ccc(N(CC(N)=O)C(=O)Cn2c(=O)[nH]c3cc([N+](=O)[O-])ccc32)cc1. The van der Waals surface area contributed by atoms with E-state index in [2.05, 4.69) is 9.88 Å². The molecule has 168 valence electrons. The summed E-state index contributed by atoms with van der Waals surface area (Å²) in [6, 6.07) is 11.0. The number of rotatable bonds is 9. The smallest absolute Gasteiger partial charge is 0.326 e. The van der Waals surface area contributed by atoms with Crippen LogP contribution in [0, 0.1) is 10.1 Å². The highest BCUT2D eigenvalue weighted by atomic mass is 16.6. The van der Waals surface area contributed by atoms with Crippen molar-refractivity contribution in [2.45, 2.75) is 20.4 Å². The van der Waals surface area contributed by atoms with Gasteiger partial charge in [0.05, 0.1) is 16.0 Å². The Morgan fingerprint density at radius 1 is 1.09 bits per heavy atom. The summed E-state index contributed by atoms with van der Waals surface area (Å²) in [7, 11) is 0. The number of nitro benzene ring substituents is 1. The van der Waals surface area contributed by atoms with Crippen molar-refractivity contribution in [1.82, 2.24) is 9.55 Å². The first-order valence-corrected chi connectivity index (χ1v) is 10.1. The molecule has 0 aliphatic rings. The summed E-state index contributed by atoms with van der Waals surface area (Å²) in [5.41, 5.74) is 6.59. The maximum atomic E-state index is 13.1. The lowest BCUT2D eigenvalue weighted by Crippen LogP contribution is -2.41. The Hall–Kier alpha value is -4.15. The summed E-state index contributed by atoms with van der Waals surface area (Å²) in [6.45, 7) is 4.98. The maximum absolute atomic E-state index is 13.1. The molecule has 0 aliphatic heterocycles. The number of imidazole rings is 1. The number of carbonyl (C=O) groups excluding carboxylic acids is 2. The van der Waals surface area contributed by atoms with E-state index >= 15 is 0 Å². The van der Waals surface area contributed by atoms with Crippen LogP contribution in [0.3, 0.4) is 0 Å². The number of nitrogens with two attached hydrogens (primary N) is 1. The van der Waals surface area contributed by atoms with Crippen LogP contribution in [-0.4, -0.2) is 45.9 Å². The summed E-state index contributed by atoms with van der Waals surface area (Å²) in [6.07, 6.45) is 0. The predicted octanol–water partition coefficient (Wildman–Crippen LogP) is 1.60. The van der Waals surface area contributed by atoms with Gasteiger partial charge in [0.1, 0.15) is 13.1 Å². The van der Waals surface area contributed by atoms with Crippen LogP contribution >= 0.6 is 0 Å². The van der Waals surface area contributed by atoms with Gasteiger partial charge in [0.25, 0.3) is 5.69 Å². The molecule has 3 rings (SSSR count). The Kier molecular flexibility index (Phi) is 6.57. The van der Waals surface area contributed by atoms with Crippen molar-refractivity contribution in [3.8, 4) is 0 Å². The first-order chi connectivity index (χ1) is 15.2. The van der Waals surface area contributed by atoms with Gasteiger partial charge >= 0.3 is 5.69 Å². The minimum absolute atomic E-state index is 0.180. The molecule has 0 unspecified atom stereocenters. The van der Waals surface area contributed by atoms with Crippen LogP contribution in [0.4, 0.5) is 17.1 Å². The zero-order valence-corrected chi connectivity index (χ0v) is 17.8. The number of aromatic nitrogens is 2. The van der Waals surface area contributed by atoms with Crippen molar-refractivity contribution in [1.29, 1.82) is 0 Å². The van der Waals surface area contributed by atoms with Crippen LogP contribution in [0.5, 0.6) is 0 Å². The van der Waals surface area contributed by atoms with Gasteiger partial charge in [-0.05, 0) is 44.2 Å². The highest BCUT2D eigenvalue weighted by molar-refractivity contribution is 5.99. The number of benzene rings is 2. The number of fused-ring (bicyclic) bond motifs is 1. The summed E-state index contributed by atoms with van der Waals surface area (Å²) >= 11 is 0. The Labute approximate surface area is 183 Å². The Bertz CT molecular complexity index is 1210. The molecule has 32 heavy (non-hydrogen) atoms. The number of non-ortho nitro benzene ring substituents is 1. The van der Waals surface area contributed by atoms with Gasteiger partial charge in [-0.1, -0.05) is 0 Å². The molecule has 0 fully saturated rings. The number of primary amides is 1. The van der Waals surface area contributed by atoms with Gasteiger partial charge in [0.15, 0.2) is 0 Å². The molecule has 1 aromatic heterocycles. The van der Waals surface area contributed by atoms with E-state index in [1.54, 1.807) is 12.1 Å². The molecule has 0 spiro atoms. The van der Waals surface area contributed by atoms with E-state index < -0.39 is 22.4 Å². The minimum atomic E-state index is -0.701. The predicted molar refractivity (Wildman–Crippen MR) is 121 cm³/mol.